The Morgan fingerprint density at radius 3 is 2.67 bits per heavy atom. The Morgan fingerprint density at radius 2 is 2.00 bits per heavy atom. The van der Waals surface area contributed by atoms with Crippen LogP contribution < -0.4 is 0 Å². The molecule has 0 radical (unpaired) electrons. The van der Waals surface area contributed by atoms with Crippen molar-refractivity contribution in [2.24, 2.45) is 0 Å². The zero-order valence-corrected chi connectivity index (χ0v) is 9.90. The van der Waals surface area contributed by atoms with E-state index >= 15 is 0 Å². The van der Waals surface area contributed by atoms with E-state index in [-0.39, 0.29) is 11.2 Å². The normalized spacial score (nSPS) is 20.9. The summed E-state index contributed by atoms with van der Waals surface area (Å²) in [6.07, 6.45) is 4.07. The maximum atomic E-state index is 13.9. The fourth-order valence-electron chi connectivity index (χ4n) is 2.51. The van der Waals surface area contributed by atoms with Crippen LogP contribution in [0, 0.1) is 5.82 Å². The van der Waals surface area contributed by atoms with E-state index in [0.29, 0.717) is 17.4 Å². The maximum Gasteiger partial charge on any atom is 0.237 e. The predicted molar refractivity (Wildman–Crippen MR) is 62.7 cm³/mol. The molecule has 0 saturated heterocycles. The summed E-state index contributed by atoms with van der Waals surface area (Å²) in [4.78, 5) is 4.48. The zero-order chi connectivity index (χ0) is 12.2. The molecule has 0 aliphatic heterocycles. The van der Waals surface area contributed by atoms with Crippen molar-refractivity contribution in [3.05, 3.63) is 47.4 Å². The molecule has 3 nitrogen and oxygen atoms in total. The predicted octanol–water partition coefficient (Wildman–Crippen LogP) is 3.17. The lowest BCUT2D eigenvalue weighted by Crippen LogP contribution is -2.11. The highest BCUT2D eigenvalue weighted by molar-refractivity contribution is 5.39. The summed E-state index contributed by atoms with van der Waals surface area (Å²) in [6, 6.07) is 6.88. The van der Waals surface area contributed by atoms with Gasteiger partial charge in [-0.2, -0.15) is 4.98 Å². The van der Waals surface area contributed by atoms with E-state index in [2.05, 4.69) is 10.1 Å². The highest BCUT2D eigenvalue weighted by atomic mass is 19.1. The van der Waals surface area contributed by atoms with E-state index in [1.807, 2.05) is 12.1 Å². The number of hydrogen-bond donors (Lipinski definition) is 0. The fourth-order valence-corrected chi connectivity index (χ4v) is 2.51. The molecule has 4 heteroatoms. The average molecular weight is 244 g/mol. The summed E-state index contributed by atoms with van der Waals surface area (Å²) in [5, 5.41) is 4.03. The van der Waals surface area contributed by atoms with Crippen LogP contribution in [-0.4, -0.2) is 10.1 Å². The summed E-state index contributed by atoms with van der Waals surface area (Å²) < 4.78 is 19.3. The Kier molecular flexibility index (Phi) is 1.93. The molecule has 2 fully saturated rings. The van der Waals surface area contributed by atoms with Crippen molar-refractivity contribution in [2.75, 3.05) is 0 Å². The van der Waals surface area contributed by atoms with Gasteiger partial charge in [-0.1, -0.05) is 23.4 Å². The first-order valence-corrected chi connectivity index (χ1v) is 6.39. The molecule has 1 heterocycles. The molecular formula is C14H13FN2O. The summed E-state index contributed by atoms with van der Waals surface area (Å²) in [7, 11) is 0. The van der Waals surface area contributed by atoms with Crippen LogP contribution in [0.3, 0.4) is 0 Å². The third-order valence-corrected chi connectivity index (χ3v) is 3.93. The molecule has 2 aliphatic rings. The molecule has 4 rings (SSSR count). The summed E-state index contributed by atoms with van der Waals surface area (Å²) in [6.45, 7) is 0. The van der Waals surface area contributed by atoms with Crippen molar-refractivity contribution in [1.29, 1.82) is 0 Å². The summed E-state index contributed by atoms with van der Waals surface area (Å²) >= 11 is 0. The van der Waals surface area contributed by atoms with Crippen molar-refractivity contribution in [1.82, 2.24) is 10.1 Å². The molecule has 18 heavy (non-hydrogen) atoms. The molecule has 0 N–H and O–H groups in total. The van der Waals surface area contributed by atoms with Crippen LogP contribution in [0.2, 0.25) is 0 Å². The monoisotopic (exact) mass is 244 g/mol. The quantitative estimate of drug-likeness (QED) is 0.832. The van der Waals surface area contributed by atoms with Crippen LogP contribution in [0.4, 0.5) is 4.39 Å². The van der Waals surface area contributed by atoms with E-state index in [1.165, 1.54) is 6.07 Å². The Labute approximate surface area is 104 Å². The minimum Gasteiger partial charge on any atom is -0.338 e. The molecule has 0 atom stereocenters. The van der Waals surface area contributed by atoms with Gasteiger partial charge in [-0.15, -0.1) is 0 Å². The van der Waals surface area contributed by atoms with E-state index in [0.717, 1.165) is 31.5 Å². The first-order chi connectivity index (χ1) is 8.79. The largest absolute Gasteiger partial charge is 0.338 e. The third-order valence-electron chi connectivity index (χ3n) is 3.93. The van der Waals surface area contributed by atoms with Crippen molar-refractivity contribution in [3.63, 3.8) is 0 Å². The van der Waals surface area contributed by atoms with Gasteiger partial charge in [0.25, 0.3) is 0 Å². The Hall–Kier alpha value is -1.71. The molecule has 2 aromatic rings. The minimum absolute atomic E-state index is 0.179. The van der Waals surface area contributed by atoms with Gasteiger partial charge in [0.2, 0.25) is 5.89 Å². The zero-order valence-electron chi connectivity index (χ0n) is 9.90. The Balaban J connectivity index is 1.76. The van der Waals surface area contributed by atoms with Crippen molar-refractivity contribution >= 4 is 0 Å². The molecule has 0 unspecified atom stereocenters. The lowest BCUT2D eigenvalue weighted by molar-refractivity contribution is 0.353. The Morgan fingerprint density at radius 1 is 1.22 bits per heavy atom. The van der Waals surface area contributed by atoms with Crippen LogP contribution in [0.1, 0.15) is 48.9 Å². The van der Waals surface area contributed by atoms with Gasteiger partial charge in [-0.25, -0.2) is 4.39 Å². The number of rotatable bonds is 3. The van der Waals surface area contributed by atoms with Gasteiger partial charge in [-0.05, 0) is 31.7 Å². The second kappa shape index (κ2) is 3.40. The molecule has 2 aliphatic carbocycles. The van der Waals surface area contributed by atoms with Gasteiger partial charge in [0.1, 0.15) is 5.82 Å². The molecule has 92 valence electrons. The average Bonchev–Trinajstić information content (AvgIpc) is 3.31. The number of halogens is 1. The van der Waals surface area contributed by atoms with E-state index < -0.39 is 0 Å². The van der Waals surface area contributed by atoms with Crippen molar-refractivity contribution in [2.45, 2.75) is 37.0 Å². The number of benzene rings is 1. The molecule has 0 bridgehead atoms. The van der Waals surface area contributed by atoms with Crippen LogP contribution in [0.15, 0.2) is 28.8 Å². The molecule has 0 spiro atoms. The molecule has 1 aromatic carbocycles. The lowest BCUT2D eigenvalue weighted by atomic mass is 9.95. The van der Waals surface area contributed by atoms with Crippen LogP contribution in [0.25, 0.3) is 0 Å². The first-order valence-electron chi connectivity index (χ1n) is 6.39. The van der Waals surface area contributed by atoms with Gasteiger partial charge in [0.05, 0.1) is 5.41 Å². The third kappa shape index (κ3) is 1.41. The number of aromatic nitrogens is 2. The van der Waals surface area contributed by atoms with Crippen LogP contribution >= 0.6 is 0 Å². The second-order valence-electron chi connectivity index (χ2n) is 5.29. The van der Waals surface area contributed by atoms with Crippen LogP contribution in [0.5, 0.6) is 0 Å². The van der Waals surface area contributed by atoms with Gasteiger partial charge >= 0.3 is 0 Å². The van der Waals surface area contributed by atoms with Crippen molar-refractivity contribution in [3.8, 4) is 0 Å². The van der Waals surface area contributed by atoms with Gasteiger partial charge < -0.3 is 4.52 Å². The second-order valence-corrected chi connectivity index (χ2v) is 5.29. The minimum atomic E-state index is -0.356. The summed E-state index contributed by atoms with van der Waals surface area (Å²) in [5.74, 6) is 1.68. The lowest BCUT2D eigenvalue weighted by Gasteiger charge is -2.11. The van der Waals surface area contributed by atoms with Gasteiger partial charge in [-0.3, -0.25) is 0 Å². The van der Waals surface area contributed by atoms with Crippen LogP contribution in [-0.2, 0) is 5.41 Å². The van der Waals surface area contributed by atoms with Crippen molar-refractivity contribution < 1.29 is 8.91 Å². The highest BCUT2D eigenvalue weighted by Gasteiger charge is 2.52. The number of nitrogens with zero attached hydrogens (tertiary/aromatic N) is 2. The SMILES string of the molecule is Fc1ccccc1C1(c2nc(C3CC3)no2)CC1. The highest BCUT2D eigenvalue weighted by Crippen LogP contribution is 2.54. The topological polar surface area (TPSA) is 38.9 Å². The van der Waals surface area contributed by atoms with E-state index in [9.17, 15) is 4.39 Å². The fraction of sp³-hybridized carbons (Fsp3) is 0.429. The van der Waals surface area contributed by atoms with Gasteiger partial charge in [0.15, 0.2) is 5.82 Å². The van der Waals surface area contributed by atoms with E-state index in [4.69, 9.17) is 4.52 Å². The standard InChI is InChI=1S/C14H13FN2O/c15-11-4-2-1-3-10(11)14(7-8-14)13-16-12(17-18-13)9-5-6-9/h1-4,9H,5-8H2. The Bertz CT molecular complexity index is 599. The van der Waals surface area contributed by atoms with Gasteiger partial charge in [0, 0.05) is 11.5 Å². The molecule has 1 aromatic heterocycles. The first kappa shape index (κ1) is 10.2. The summed E-state index contributed by atoms with van der Waals surface area (Å²) in [5.41, 5.74) is 0.335. The molecular weight excluding hydrogens is 231 g/mol. The smallest absolute Gasteiger partial charge is 0.237 e. The number of hydrogen-bond acceptors (Lipinski definition) is 3. The maximum absolute atomic E-state index is 13.9. The van der Waals surface area contributed by atoms with E-state index in [1.54, 1.807) is 6.07 Å². The molecule has 2 saturated carbocycles. The molecule has 0 amide bonds.